The fourth-order valence-electron chi connectivity index (χ4n) is 1.68. The lowest BCUT2D eigenvalue weighted by atomic mass is 10.1. The highest BCUT2D eigenvalue weighted by molar-refractivity contribution is 5.25. The van der Waals surface area contributed by atoms with Crippen LogP contribution in [-0.2, 0) is 13.0 Å². The van der Waals surface area contributed by atoms with E-state index in [2.05, 4.69) is 23.3 Å². The first-order valence-corrected chi connectivity index (χ1v) is 6.28. The smallest absolute Gasteiger partial charge is 0.214 e. The summed E-state index contributed by atoms with van der Waals surface area (Å²) in [4.78, 5) is 4.54. The van der Waals surface area contributed by atoms with E-state index in [1.54, 1.807) is 0 Å². The van der Waals surface area contributed by atoms with E-state index in [4.69, 9.17) is 4.74 Å². The Morgan fingerprint density at radius 1 is 1.29 bits per heavy atom. The molecule has 1 N–H and O–H groups in total. The third-order valence-corrected chi connectivity index (χ3v) is 2.21. The van der Waals surface area contributed by atoms with E-state index in [-0.39, 0.29) is 5.60 Å². The maximum absolute atomic E-state index is 5.84. The largest absolute Gasteiger partial charge is 0.472 e. The molecule has 3 heteroatoms. The van der Waals surface area contributed by atoms with Crippen LogP contribution in [0.2, 0.25) is 0 Å². The van der Waals surface area contributed by atoms with Crippen LogP contribution in [0.1, 0.15) is 45.4 Å². The Labute approximate surface area is 105 Å². The number of hydrogen-bond donors (Lipinski definition) is 1. The summed E-state index contributed by atoms with van der Waals surface area (Å²) in [6.07, 6.45) is 2.10. The summed E-state index contributed by atoms with van der Waals surface area (Å²) in [5, 5.41) is 3.16. The molecule has 0 spiro atoms. The van der Waals surface area contributed by atoms with Gasteiger partial charge in [0, 0.05) is 18.3 Å². The fraction of sp³-hybridized carbons (Fsp3) is 0.643. The van der Waals surface area contributed by atoms with E-state index < -0.39 is 0 Å². The van der Waals surface area contributed by atoms with Gasteiger partial charge in [0.05, 0.1) is 0 Å². The Bertz CT molecular complexity index is 331. The van der Waals surface area contributed by atoms with Crippen LogP contribution in [0, 0.1) is 0 Å². The fourth-order valence-corrected chi connectivity index (χ4v) is 1.68. The molecule has 0 bridgehead atoms. The van der Waals surface area contributed by atoms with Crippen molar-refractivity contribution in [3.05, 3.63) is 23.4 Å². The number of ether oxygens (including phenoxy) is 1. The highest BCUT2D eigenvalue weighted by Gasteiger charge is 2.13. The monoisotopic (exact) mass is 236 g/mol. The minimum atomic E-state index is -0.200. The number of rotatable bonds is 5. The van der Waals surface area contributed by atoms with Crippen molar-refractivity contribution < 1.29 is 4.74 Å². The highest BCUT2D eigenvalue weighted by atomic mass is 16.5. The van der Waals surface area contributed by atoms with E-state index >= 15 is 0 Å². The second kappa shape index (κ2) is 6.01. The second-order valence-corrected chi connectivity index (χ2v) is 5.30. The van der Waals surface area contributed by atoms with Crippen molar-refractivity contribution in [2.24, 2.45) is 0 Å². The van der Waals surface area contributed by atoms with Crippen LogP contribution in [0.3, 0.4) is 0 Å². The average molecular weight is 236 g/mol. The van der Waals surface area contributed by atoms with Gasteiger partial charge in [-0.25, -0.2) is 4.98 Å². The first-order valence-electron chi connectivity index (χ1n) is 6.28. The topological polar surface area (TPSA) is 34.1 Å². The minimum Gasteiger partial charge on any atom is -0.472 e. The Hall–Kier alpha value is -1.09. The number of nitrogens with one attached hydrogen (secondary N) is 1. The van der Waals surface area contributed by atoms with Crippen LogP contribution < -0.4 is 10.1 Å². The standard InChI is InChI=1S/C14H24N2O/c1-6-7-12-8-11(10-15-5)9-13(16-12)17-14(2,3)4/h8-9,15H,6-7,10H2,1-5H3. The van der Waals surface area contributed by atoms with Crippen LogP contribution in [0.4, 0.5) is 0 Å². The van der Waals surface area contributed by atoms with E-state index in [9.17, 15) is 0 Å². The molecule has 1 aromatic rings. The highest BCUT2D eigenvalue weighted by Crippen LogP contribution is 2.19. The maximum atomic E-state index is 5.84. The lowest BCUT2D eigenvalue weighted by Crippen LogP contribution is -2.24. The van der Waals surface area contributed by atoms with E-state index in [1.165, 1.54) is 5.56 Å². The van der Waals surface area contributed by atoms with Crippen molar-refractivity contribution in [2.75, 3.05) is 7.05 Å². The van der Waals surface area contributed by atoms with Gasteiger partial charge in [-0.1, -0.05) is 13.3 Å². The Morgan fingerprint density at radius 3 is 2.53 bits per heavy atom. The Morgan fingerprint density at radius 2 is 2.00 bits per heavy atom. The third-order valence-electron chi connectivity index (χ3n) is 2.21. The first-order chi connectivity index (χ1) is 7.94. The van der Waals surface area contributed by atoms with Gasteiger partial charge in [0.1, 0.15) is 5.60 Å². The van der Waals surface area contributed by atoms with Gasteiger partial charge in [0.15, 0.2) is 0 Å². The van der Waals surface area contributed by atoms with Crippen LogP contribution >= 0.6 is 0 Å². The van der Waals surface area contributed by atoms with Gasteiger partial charge in [-0.05, 0) is 45.9 Å². The van der Waals surface area contributed by atoms with Gasteiger partial charge in [0.25, 0.3) is 0 Å². The summed E-state index contributed by atoms with van der Waals surface area (Å²) in [6, 6.07) is 4.16. The number of aryl methyl sites for hydroxylation is 1. The predicted octanol–water partition coefficient (Wildman–Crippen LogP) is 2.93. The molecular formula is C14H24N2O. The number of pyridine rings is 1. The molecule has 0 aromatic carbocycles. The van der Waals surface area contributed by atoms with Gasteiger partial charge in [-0.15, -0.1) is 0 Å². The SMILES string of the molecule is CCCc1cc(CNC)cc(OC(C)(C)C)n1. The van der Waals surface area contributed by atoms with Gasteiger partial charge >= 0.3 is 0 Å². The first kappa shape index (κ1) is 14.0. The molecule has 0 unspecified atom stereocenters. The van der Waals surface area contributed by atoms with Crippen molar-refractivity contribution in [3.63, 3.8) is 0 Å². The molecule has 1 aromatic heterocycles. The number of aromatic nitrogens is 1. The summed E-state index contributed by atoms with van der Waals surface area (Å²) in [5.41, 5.74) is 2.14. The molecule has 0 aliphatic heterocycles. The maximum Gasteiger partial charge on any atom is 0.214 e. The van der Waals surface area contributed by atoms with Crippen molar-refractivity contribution in [1.29, 1.82) is 0 Å². The van der Waals surface area contributed by atoms with Crippen LogP contribution in [0.15, 0.2) is 12.1 Å². The molecule has 0 saturated heterocycles. The van der Waals surface area contributed by atoms with E-state index in [0.717, 1.165) is 31.0 Å². The number of hydrogen-bond acceptors (Lipinski definition) is 3. The van der Waals surface area contributed by atoms with Gasteiger partial charge in [-0.2, -0.15) is 0 Å². The molecule has 17 heavy (non-hydrogen) atoms. The van der Waals surface area contributed by atoms with Crippen LogP contribution in [0.5, 0.6) is 5.88 Å². The molecule has 0 aliphatic rings. The van der Waals surface area contributed by atoms with Crippen LogP contribution in [0.25, 0.3) is 0 Å². The zero-order valence-electron chi connectivity index (χ0n) is 11.6. The minimum absolute atomic E-state index is 0.200. The molecule has 0 atom stereocenters. The summed E-state index contributed by atoms with van der Waals surface area (Å²) >= 11 is 0. The van der Waals surface area contributed by atoms with Crippen molar-refractivity contribution in [2.45, 2.75) is 52.7 Å². The Balaban J connectivity index is 2.94. The summed E-state index contributed by atoms with van der Waals surface area (Å²) in [5.74, 6) is 0.730. The molecule has 0 aliphatic carbocycles. The normalized spacial score (nSPS) is 11.6. The van der Waals surface area contributed by atoms with Gasteiger partial charge < -0.3 is 10.1 Å². The predicted molar refractivity (Wildman–Crippen MR) is 71.4 cm³/mol. The molecule has 0 amide bonds. The molecule has 96 valence electrons. The van der Waals surface area contributed by atoms with E-state index in [0.29, 0.717) is 0 Å². The number of nitrogens with zero attached hydrogens (tertiary/aromatic N) is 1. The van der Waals surface area contributed by atoms with E-state index in [1.807, 2.05) is 33.9 Å². The molecule has 1 heterocycles. The van der Waals surface area contributed by atoms with Crippen molar-refractivity contribution in [3.8, 4) is 5.88 Å². The summed E-state index contributed by atoms with van der Waals surface area (Å²) in [7, 11) is 1.95. The molecule has 0 fully saturated rings. The third kappa shape index (κ3) is 5.18. The Kier molecular flexibility index (Phi) is 4.94. The van der Waals surface area contributed by atoms with Gasteiger partial charge in [0.2, 0.25) is 5.88 Å². The van der Waals surface area contributed by atoms with Crippen LogP contribution in [-0.4, -0.2) is 17.6 Å². The quantitative estimate of drug-likeness (QED) is 0.853. The lowest BCUT2D eigenvalue weighted by molar-refractivity contribution is 0.123. The van der Waals surface area contributed by atoms with Crippen molar-refractivity contribution >= 4 is 0 Å². The lowest BCUT2D eigenvalue weighted by Gasteiger charge is -2.21. The van der Waals surface area contributed by atoms with Crippen molar-refractivity contribution in [1.82, 2.24) is 10.3 Å². The molecule has 0 saturated carbocycles. The zero-order valence-corrected chi connectivity index (χ0v) is 11.6. The zero-order chi connectivity index (χ0) is 12.9. The molecular weight excluding hydrogens is 212 g/mol. The summed E-state index contributed by atoms with van der Waals surface area (Å²) in [6.45, 7) is 9.13. The average Bonchev–Trinajstić information content (AvgIpc) is 2.15. The summed E-state index contributed by atoms with van der Waals surface area (Å²) < 4.78 is 5.84. The molecule has 3 nitrogen and oxygen atoms in total. The second-order valence-electron chi connectivity index (χ2n) is 5.30. The molecule has 1 rings (SSSR count). The van der Waals surface area contributed by atoms with Gasteiger partial charge in [-0.3, -0.25) is 0 Å². The molecule has 0 radical (unpaired) electrons.